The zero-order valence-corrected chi connectivity index (χ0v) is 14.4. The molecule has 0 spiro atoms. The second kappa shape index (κ2) is 6.49. The predicted molar refractivity (Wildman–Crippen MR) is 99.2 cm³/mol. The van der Waals surface area contributed by atoms with Crippen LogP contribution in [0.15, 0.2) is 64.9 Å². The molecule has 0 fully saturated rings. The van der Waals surface area contributed by atoms with Crippen molar-refractivity contribution in [2.75, 3.05) is 7.11 Å². The lowest BCUT2D eigenvalue weighted by Crippen LogP contribution is -2.24. The number of nitrogens with zero attached hydrogens (tertiary/aromatic N) is 3. The van der Waals surface area contributed by atoms with Gasteiger partial charge in [-0.25, -0.2) is 9.67 Å². The number of rotatable bonds is 4. The Hall–Kier alpha value is -2.99. The van der Waals surface area contributed by atoms with Crippen LogP contribution in [0.4, 0.5) is 0 Å². The first-order chi connectivity index (χ1) is 12.3. The third-order valence-electron chi connectivity index (χ3n) is 3.96. The molecule has 0 unspecified atom stereocenters. The molecule has 0 radical (unpaired) electrons. The van der Waals surface area contributed by atoms with Crippen molar-refractivity contribution in [3.63, 3.8) is 0 Å². The second-order valence-electron chi connectivity index (χ2n) is 5.54. The van der Waals surface area contributed by atoms with E-state index in [1.165, 1.54) is 4.68 Å². The summed E-state index contributed by atoms with van der Waals surface area (Å²) in [5, 5.41) is 8.20. The summed E-state index contributed by atoms with van der Waals surface area (Å²) in [4.78, 5) is 18.0. The summed E-state index contributed by atoms with van der Waals surface area (Å²) < 4.78 is 6.66. The van der Waals surface area contributed by atoms with Gasteiger partial charge in [-0.05, 0) is 29.1 Å². The zero-order chi connectivity index (χ0) is 17.2. The van der Waals surface area contributed by atoms with Crippen LogP contribution in [-0.2, 0) is 6.54 Å². The average molecular weight is 349 g/mol. The molecule has 0 saturated heterocycles. The van der Waals surface area contributed by atoms with Crippen LogP contribution >= 0.6 is 11.3 Å². The highest BCUT2D eigenvalue weighted by atomic mass is 32.1. The van der Waals surface area contributed by atoms with Crippen molar-refractivity contribution in [2.45, 2.75) is 6.54 Å². The van der Waals surface area contributed by atoms with Crippen LogP contribution in [0.1, 0.15) is 5.56 Å². The minimum absolute atomic E-state index is 0.105. The van der Waals surface area contributed by atoms with Crippen molar-refractivity contribution in [1.29, 1.82) is 0 Å². The number of thiophene rings is 1. The highest BCUT2D eigenvalue weighted by molar-refractivity contribution is 7.13. The van der Waals surface area contributed by atoms with Crippen LogP contribution in [-0.4, -0.2) is 21.9 Å². The van der Waals surface area contributed by atoms with Gasteiger partial charge >= 0.3 is 0 Å². The van der Waals surface area contributed by atoms with E-state index in [1.54, 1.807) is 24.6 Å². The number of aromatic nitrogens is 3. The normalized spacial score (nSPS) is 10.9. The fraction of sp³-hybridized carbons (Fsp3) is 0.105. The molecule has 5 nitrogen and oxygen atoms in total. The molecular formula is C19H15N3O2S. The maximum Gasteiger partial charge on any atom is 0.274 e. The Morgan fingerprint density at radius 2 is 1.96 bits per heavy atom. The van der Waals surface area contributed by atoms with Gasteiger partial charge in [0.1, 0.15) is 5.69 Å². The van der Waals surface area contributed by atoms with Crippen LogP contribution in [0.25, 0.3) is 21.3 Å². The molecule has 0 bridgehead atoms. The smallest absolute Gasteiger partial charge is 0.274 e. The van der Waals surface area contributed by atoms with Crippen LogP contribution in [0, 0.1) is 0 Å². The maximum absolute atomic E-state index is 12.9. The fourth-order valence-corrected chi connectivity index (χ4v) is 3.49. The molecule has 6 heteroatoms. The number of pyridine rings is 1. The van der Waals surface area contributed by atoms with Gasteiger partial charge in [0.2, 0.25) is 5.88 Å². The number of fused-ring (bicyclic) bond motifs is 1. The minimum atomic E-state index is -0.105. The number of benzene rings is 1. The average Bonchev–Trinajstić information content (AvgIpc) is 3.19. The van der Waals surface area contributed by atoms with E-state index in [-0.39, 0.29) is 5.56 Å². The van der Waals surface area contributed by atoms with Gasteiger partial charge in [0.25, 0.3) is 5.56 Å². The summed E-state index contributed by atoms with van der Waals surface area (Å²) in [7, 11) is 1.57. The standard InChI is InChI=1S/C19H15N3O2S/c1-24-17-11-13(8-9-20-17)12-22-19(23)15-6-3-2-5-14(15)18(21-22)16-7-4-10-25-16/h2-11H,12H2,1H3. The van der Waals surface area contributed by atoms with Crippen LogP contribution < -0.4 is 10.3 Å². The molecule has 0 amide bonds. The molecular weight excluding hydrogens is 334 g/mol. The maximum atomic E-state index is 12.9. The first-order valence-electron chi connectivity index (χ1n) is 7.79. The molecule has 0 aliphatic carbocycles. The molecule has 0 saturated carbocycles. The highest BCUT2D eigenvalue weighted by Crippen LogP contribution is 2.28. The Morgan fingerprint density at radius 1 is 1.12 bits per heavy atom. The van der Waals surface area contributed by atoms with Gasteiger partial charge in [0, 0.05) is 17.6 Å². The number of methoxy groups -OCH3 is 1. The van der Waals surface area contributed by atoms with Crippen molar-refractivity contribution < 1.29 is 4.74 Å². The van der Waals surface area contributed by atoms with Gasteiger partial charge in [0.15, 0.2) is 0 Å². The summed E-state index contributed by atoms with van der Waals surface area (Å²) in [6.45, 7) is 0.362. The van der Waals surface area contributed by atoms with E-state index >= 15 is 0 Å². The third kappa shape index (κ3) is 2.92. The zero-order valence-electron chi connectivity index (χ0n) is 13.5. The van der Waals surface area contributed by atoms with Crippen LogP contribution in [0.5, 0.6) is 5.88 Å². The van der Waals surface area contributed by atoms with E-state index < -0.39 is 0 Å². The lowest BCUT2D eigenvalue weighted by atomic mass is 10.1. The van der Waals surface area contributed by atoms with Crippen LogP contribution in [0.2, 0.25) is 0 Å². The summed E-state index contributed by atoms with van der Waals surface area (Å²) in [6.07, 6.45) is 1.67. The molecule has 0 aliphatic heterocycles. The molecule has 124 valence electrons. The van der Waals surface area contributed by atoms with Crippen LogP contribution in [0.3, 0.4) is 0 Å². The van der Waals surface area contributed by atoms with E-state index in [9.17, 15) is 4.79 Å². The molecule has 1 aromatic carbocycles. The molecule has 4 aromatic rings. The Bertz CT molecular complexity index is 1090. The Labute approximate surface area is 148 Å². The second-order valence-corrected chi connectivity index (χ2v) is 6.49. The van der Waals surface area contributed by atoms with Crippen molar-refractivity contribution in [3.05, 3.63) is 76.0 Å². The molecule has 0 N–H and O–H groups in total. The molecule has 0 aliphatic rings. The van der Waals surface area contributed by atoms with Crippen molar-refractivity contribution in [2.24, 2.45) is 0 Å². The topological polar surface area (TPSA) is 57.0 Å². The van der Waals surface area contributed by atoms with Gasteiger partial charge in [-0.2, -0.15) is 5.10 Å². The van der Waals surface area contributed by atoms with E-state index in [0.29, 0.717) is 17.8 Å². The van der Waals surface area contributed by atoms with Crippen molar-refractivity contribution in [3.8, 4) is 16.5 Å². The molecule has 3 aromatic heterocycles. The monoisotopic (exact) mass is 349 g/mol. The number of hydrogen-bond donors (Lipinski definition) is 0. The van der Waals surface area contributed by atoms with Gasteiger partial charge in [-0.15, -0.1) is 11.3 Å². The predicted octanol–water partition coefficient (Wildman–Crippen LogP) is 3.58. The first-order valence-corrected chi connectivity index (χ1v) is 8.67. The fourth-order valence-electron chi connectivity index (χ4n) is 2.77. The van der Waals surface area contributed by atoms with E-state index in [0.717, 1.165) is 21.5 Å². The highest BCUT2D eigenvalue weighted by Gasteiger charge is 2.13. The Morgan fingerprint density at radius 3 is 2.72 bits per heavy atom. The van der Waals surface area contributed by atoms with Crippen molar-refractivity contribution >= 4 is 22.1 Å². The largest absolute Gasteiger partial charge is 0.481 e. The summed E-state index contributed by atoms with van der Waals surface area (Å²) in [6, 6.07) is 15.3. The quantitative estimate of drug-likeness (QED) is 0.565. The number of ether oxygens (including phenoxy) is 1. The lowest BCUT2D eigenvalue weighted by Gasteiger charge is -2.10. The van der Waals surface area contributed by atoms with Gasteiger partial charge in [-0.3, -0.25) is 4.79 Å². The SMILES string of the molecule is COc1cc(Cn2nc(-c3cccs3)c3ccccc3c2=O)ccn1. The Balaban J connectivity index is 1.89. The van der Waals surface area contributed by atoms with Gasteiger partial charge < -0.3 is 4.74 Å². The van der Waals surface area contributed by atoms with E-state index in [1.807, 2.05) is 53.9 Å². The van der Waals surface area contributed by atoms with Crippen molar-refractivity contribution in [1.82, 2.24) is 14.8 Å². The molecule has 25 heavy (non-hydrogen) atoms. The molecule has 0 atom stereocenters. The third-order valence-corrected chi connectivity index (χ3v) is 4.84. The summed E-state index contributed by atoms with van der Waals surface area (Å²) in [5.74, 6) is 0.518. The summed E-state index contributed by atoms with van der Waals surface area (Å²) >= 11 is 1.61. The minimum Gasteiger partial charge on any atom is -0.481 e. The molecule has 3 heterocycles. The van der Waals surface area contributed by atoms with Gasteiger partial charge in [-0.1, -0.05) is 24.3 Å². The molecule has 4 rings (SSSR count). The van der Waals surface area contributed by atoms with Gasteiger partial charge in [0.05, 0.1) is 23.9 Å². The number of hydrogen-bond acceptors (Lipinski definition) is 5. The van der Waals surface area contributed by atoms with E-state index in [2.05, 4.69) is 10.1 Å². The Kier molecular flexibility index (Phi) is 4.03. The lowest BCUT2D eigenvalue weighted by molar-refractivity contribution is 0.397. The van der Waals surface area contributed by atoms with E-state index in [4.69, 9.17) is 4.74 Å². The first kappa shape index (κ1) is 15.5. The summed E-state index contributed by atoms with van der Waals surface area (Å²) in [5.41, 5.74) is 1.63.